The summed E-state index contributed by atoms with van der Waals surface area (Å²) in [6, 6.07) is 21.5. The fraction of sp³-hybridized carbons (Fsp3) is 0.0909. The number of nitro benzene ring substituents is 1. The Balaban J connectivity index is 1.81. The highest BCUT2D eigenvalue weighted by Gasteiger charge is 2.16. The van der Waals surface area contributed by atoms with E-state index in [0.29, 0.717) is 17.8 Å². The predicted molar refractivity (Wildman–Crippen MR) is 113 cm³/mol. The van der Waals surface area contributed by atoms with Crippen LogP contribution in [0.5, 0.6) is 0 Å². The number of primary amides is 1. The SMILES string of the molecule is NC(=O)c1cccc(CN(Cc2ccccc2)C(=O)Nc2ccc([N+](=O)[O-])cc2)c1. The zero-order valence-electron chi connectivity index (χ0n) is 16.0. The number of nitrogens with one attached hydrogen (secondary N) is 1. The lowest BCUT2D eigenvalue weighted by molar-refractivity contribution is -0.384. The van der Waals surface area contributed by atoms with E-state index < -0.39 is 10.8 Å². The number of non-ortho nitro benzene ring substituents is 1. The fourth-order valence-electron chi connectivity index (χ4n) is 2.92. The number of nitro groups is 1. The third-order valence-corrected chi connectivity index (χ3v) is 4.42. The molecule has 0 aliphatic carbocycles. The van der Waals surface area contributed by atoms with Crippen LogP contribution in [0.2, 0.25) is 0 Å². The summed E-state index contributed by atoms with van der Waals surface area (Å²) in [6.45, 7) is 0.579. The number of carbonyl (C=O) groups excluding carboxylic acids is 2. The molecule has 3 N–H and O–H groups in total. The average molecular weight is 404 g/mol. The van der Waals surface area contributed by atoms with Gasteiger partial charge < -0.3 is 16.0 Å². The summed E-state index contributed by atoms with van der Waals surface area (Å²) in [5.74, 6) is -0.540. The second-order valence-corrected chi connectivity index (χ2v) is 6.64. The van der Waals surface area contributed by atoms with E-state index >= 15 is 0 Å². The van der Waals surface area contributed by atoms with Crippen molar-refractivity contribution in [3.63, 3.8) is 0 Å². The Labute approximate surface area is 173 Å². The van der Waals surface area contributed by atoms with Crippen LogP contribution in [0.1, 0.15) is 21.5 Å². The molecule has 0 aliphatic rings. The number of rotatable bonds is 7. The van der Waals surface area contributed by atoms with Crippen LogP contribution in [0.25, 0.3) is 0 Å². The van der Waals surface area contributed by atoms with E-state index in [0.717, 1.165) is 11.1 Å². The number of benzene rings is 3. The first-order chi connectivity index (χ1) is 14.4. The van der Waals surface area contributed by atoms with Crippen molar-refractivity contribution in [2.24, 2.45) is 5.73 Å². The summed E-state index contributed by atoms with van der Waals surface area (Å²) in [7, 11) is 0. The van der Waals surface area contributed by atoms with Gasteiger partial charge in [-0.2, -0.15) is 0 Å². The van der Waals surface area contributed by atoms with Crippen LogP contribution in [0.4, 0.5) is 16.2 Å². The Kier molecular flexibility index (Phi) is 6.39. The molecule has 0 aromatic heterocycles. The van der Waals surface area contributed by atoms with Gasteiger partial charge in [0.15, 0.2) is 0 Å². The second-order valence-electron chi connectivity index (χ2n) is 6.64. The first kappa shape index (κ1) is 20.5. The van der Waals surface area contributed by atoms with Gasteiger partial charge in [-0.25, -0.2) is 4.79 Å². The van der Waals surface area contributed by atoms with Crippen molar-refractivity contribution in [1.29, 1.82) is 0 Å². The smallest absolute Gasteiger partial charge is 0.322 e. The zero-order chi connectivity index (χ0) is 21.5. The third-order valence-electron chi connectivity index (χ3n) is 4.42. The maximum atomic E-state index is 12.9. The molecular weight excluding hydrogens is 384 g/mol. The topological polar surface area (TPSA) is 119 Å². The average Bonchev–Trinajstić information content (AvgIpc) is 2.74. The summed E-state index contributed by atoms with van der Waals surface area (Å²) < 4.78 is 0. The number of hydrogen-bond acceptors (Lipinski definition) is 4. The van der Waals surface area contributed by atoms with Gasteiger partial charge >= 0.3 is 6.03 Å². The minimum absolute atomic E-state index is 0.0580. The molecule has 0 heterocycles. The molecule has 3 aromatic carbocycles. The van der Waals surface area contributed by atoms with Gasteiger partial charge in [-0.05, 0) is 35.4 Å². The number of nitrogens with two attached hydrogens (primary N) is 1. The van der Waals surface area contributed by atoms with Gasteiger partial charge in [0.2, 0.25) is 5.91 Å². The molecule has 0 unspecified atom stereocenters. The van der Waals surface area contributed by atoms with Gasteiger partial charge in [0.05, 0.1) is 4.92 Å². The number of carbonyl (C=O) groups is 2. The molecule has 0 saturated carbocycles. The Morgan fingerprint density at radius 3 is 2.17 bits per heavy atom. The van der Waals surface area contributed by atoms with Gasteiger partial charge in [0, 0.05) is 36.5 Å². The highest BCUT2D eigenvalue weighted by Crippen LogP contribution is 2.18. The molecule has 0 saturated heterocycles. The lowest BCUT2D eigenvalue weighted by atomic mass is 10.1. The van der Waals surface area contributed by atoms with Gasteiger partial charge in [-0.3, -0.25) is 14.9 Å². The zero-order valence-corrected chi connectivity index (χ0v) is 16.0. The first-order valence-electron chi connectivity index (χ1n) is 9.15. The maximum Gasteiger partial charge on any atom is 0.322 e. The molecule has 3 amide bonds. The number of nitrogens with zero attached hydrogens (tertiary/aromatic N) is 2. The van der Waals surface area contributed by atoms with Crippen molar-refractivity contribution in [1.82, 2.24) is 4.90 Å². The number of urea groups is 1. The summed E-state index contributed by atoms with van der Waals surface area (Å²) in [6.07, 6.45) is 0. The van der Waals surface area contributed by atoms with E-state index in [9.17, 15) is 19.7 Å². The normalized spacial score (nSPS) is 10.3. The molecule has 30 heavy (non-hydrogen) atoms. The standard InChI is InChI=1S/C22H20N4O4/c23-21(27)18-8-4-7-17(13-18)15-25(14-16-5-2-1-3-6-16)22(28)24-19-9-11-20(12-10-19)26(29)30/h1-13H,14-15H2,(H2,23,27)(H,24,28). The quantitative estimate of drug-likeness (QED) is 0.458. The molecule has 3 aromatic rings. The largest absolute Gasteiger partial charge is 0.366 e. The van der Waals surface area contributed by atoms with E-state index in [-0.39, 0.29) is 18.3 Å². The first-order valence-corrected chi connectivity index (χ1v) is 9.15. The van der Waals surface area contributed by atoms with Crippen LogP contribution in [0.15, 0.2) is 78.9 Å². The van der Waals surface area contributed by atoms with Crippen molar-refractivity contribution in [3.8, 4) is 0 Å². The molecule has 152 valence electrons. The lowest BCUT2D eigenvalue weighted by Crippen LogP contribution is -2.34. The number of hydrogen-bond donors (Lipinski definition) is 2. The maximum absolute atomic E-state index is 12.9. The van der Waals surface area contributed by atoms with E-state index in [1.54, 1.807) is 23.1 Å². The van der Waals surface area contributed by atoms with E-state index in [4.69, 9.17) is 5.73 Å². The Hall–Kier alpha value is -4.20. The van der Waals surface area contributed by atoms with Gasteiger partial charge in [0.25, 0.3) is 5.69 Å². The van der Waals surface area contributed by atoms with Crippen molar-refractivity contribution in [2.45, 2.75) is 13.1 Å². The lowest BCUT2D eigenvalue weighted by Gasteiger charge is -2.24. The minimum Gasteiger partial charge on any atom is -0.366 e. The van der Waals surface area contributed by atoms with Crippen molar-refractivity contribution in [3.05, 3.63) is 106 Å². The van der Waals surface area contributed by atoms with E-state index in [1.165, 1.54) is 24.3 Å². The van der Waals surface area contributed by atoms with Crippen LogP contribution in [0.3, 0.4) is 0 Å². The Bertz CT molecular complexity index is 1050. The molecule has 0 aliphatic heterocycles. The fourth-order valence-corrected chi connectivity index (χ4v) is 2.92. The summed E-state index contributed by atoms with van der Waals surface area (Å²) in [5, 5.41) is 13.6. The van der Waals surface area contributed by atoms with Crippen LogP contribution in [-0.2, 0) is 13.1 Å². The molecule has 3 rings (SSSR count). The predicted octanol–water partition coefficient (Wildman–Crippen LogP) is 3.93. The third kappa shape index (κ3) is 5.41. The molecule has 0 radical (unpaired) electrons. The van der Waals surface area contributed by atoms with Gasteiger partial charge in [-0.15, -0.1) is 0 Å². The van der Waals surface area contributed by atoms with Crippen molar-refractivity contribution >= 4 is 23.3 Å². The molecule has 8 heteroatoms. The summed E-state index contributed by atoms with van der Waals surface area (Å²) in [4.78, 5) is 36.3. The summed E-state index contributed by atoms with van der Waals surface area (Å²) in [5.41, 5.74) is 7.78. The van der Waals surface area contributed by atoms with Gasteiger partial charge in [0.1, 0.15) is 0 Å². The second kappa shape index (κ2) is 9.33. The van der Waals surface area contributed by atoms with Crippen LogP contribution >= 0.6 is 0 Å². The number of amides is 3. The molecule has 0 atom stereocenters. The van der Waals surface area contributed by atoms with Crippen molar-refractivity contribution < 1.29 is 14.5 Å². The van der Waals surface area contributed by atoms with E-state index in [2.05, 4.69) is 5.32 Å². The molecule has 0 fully saturated rings. The molecular formula is C22H20N4O4. The van der Waals surface area contributed by atoms with E-state index in [1.807, 2.05) is 36.4 Å². The Morgan fingerprint density at radius 2 is 1.53 bits per heavy atom. The number of anilines is 1. The minimum atomic E-state index is -0.540. The molecule has 0 spiro atoms. The highest BCUT2D eigenvalue weighted by atomic mass is 16.6. The van der Waals surface area contributed by atoms with Crippen LogP contribution < -0.4 is 11.1 Å². The molecule has 0 bridgehead atoms. The van der Waals surface area contributed by atoms with Crippen molar-refractivity contribution in [2.75, 3.05) is 5.32 Å². The monoisotopic (exact) mass is 404 g/mol. The highest BCUT2D eigenvalue weighted by molar-refractivity contribution is 5.93. The summed E-state index contributed by atoms with van der Waals surface area (Å²) >= 11 is 0. The molecule has 8 nitrogen and oxygen atoms in total. The van der Waals surface area contributed by atoms with Gasteiger partial charge in [-0.1, -0.05) is 42.5 Å². The van der Waals surface area contributed by atoms with Crippen LogP contribution in [0, 0.1) is 10.1 Å². The van der Waals surface area contributed by atoms with Crippen LogP contribution in [-0.4, -0.2) is 21.8 Å². The Morgan fingerprint density at radius 1 is 0.900 bits per heavy atom.